The van der Waals surface area contributed by atoms with Gasteiger partial charge < -0.3 is 14.6 Å². The molecule has 0 fully saturated rings. The zero-order valence-corrected chi connectivity index (χ0v) is 17.9. The highest BCUT2D eigenvalue weighted by atomic mass is 16.5. The van der Waals surface area contributed by atoms with Crippen LogP contribution >= 0.6 is 0 Å². The summed E-state index contributed by atoms with van der Waals surface area (Å²) in [6.45, 7) is 5.08. The number of carbonyl (C=O) groups excluding carboxylic acids is 3. The molecule has 1 aliphatic rings. The molecule has 0 spiro atoms. The highest BCUT2D eigenvalue weighted by molar-refractivity contribution is 6.16. The van der Waals surface area contributed by atoms with Gasteiger partial charge in [-0.05, 0) is 47.9 Å². The van der Waals surface area contributed by atoms with E-state index in [1.165, 1.54) is 18.9 Å². The first kappa shape index (κ1) is 22.1. The van der Waals surface area contributed by atoms with Crippen molar-refractivity contribution in [3.05, 3.63) is 65.4 Å². The van der Waals surface area contributed by atoms with Gasteiger partial charge in [0.1, 0.15) is 11.5 Å². The van der Waals surface area contributed by atoms with E-state index >= 15 is 0 Å². The number of methoxy groups -OCH3 is 1. The van der Waals surface area contributed by atoms with E-state index in [2.05, 4.69) is 0 Å². The van der Waals surface area contributed by atoms with Gasteiger partial charge >= 0.3 is 5.97 Å². The molecule has 7 heteroatoms. The van der Waals surface area contributed by atoms with Crippen molar-refractivity contribution in [2.24, 2.45) is 5.92 Å². The summed E-state index contributed by atoms with van der Waals surface area (Å²) < 4.78 is 10.4. The SMILES string of the molecule is COc1ccc(N2C(=O)C(O)=C(C(=O)CC(C)C)C2c2cccc(OC(C)=O)c2)cc1. The highest BCUT2D eigenvalue weighted by Crippen LogP contribution is 2.42. The fourth-order valence-corrected chi connectivity index (χ4v) is 3.61. The molecule has 1 atom stereocenters. The van der Waals surface area contributed by atoms with E-state index in [-0.39, 0.29) is 29.4 Å². The maximum Gasteiger partial charge on any atom is 0.308 e. The molecule has 0 saturated heterocycles. The Balaban J connectivity index is 2.13. The summed E-state index contributed by atoms with van der Waals surface area (Å²) in [6, 6.07) is 12.5. The number of ether oxygens (including phenoxy) is 2. The van der Waals surface area contributed by atoms with Crippen molar-refractivity contribution >= 4 is 23.3 Å². The van der Waals surface area contributed by atoms with E-state index in [0.717, 1.165) is 0 Å². The Kier molecular flexibility index (Phi) is 6.44. The molecule has 1 N–H and O–H groups in total. The van der Waals surface area contributed by atoms with Gasteiger partial charge in [-0.25, -0.2) is 0 Å². The molecule has 31 heavy (non-hydrogen) atoms. The number of nitrogens with zero attached hydrogens (tertiary/aromatic N) is 1. The molecule has 1 unspecified atom stereocenters. The first-order valence-electron chi connectivity index (χ1n) is 9.95. The van der Waals surface area contributed by atoms with E-state index in [9.17, 15) is 19.5 Å². The summed E-state index contributed by atoms with van der Waals surface area (Å²) in [5.41, 5.74) is 1.07. The number of amides is 1. The average molecular weight is 423 g/mol. The molecule has 0 bridgehead atoms. The minimum Gasteiger partial charge on any atom is -0.503 e. The molecular weight excluding hydrogens is 398 g/mol. The number of aliphatic hydroxyl groups excluding tert-OH is 1. The standard InChI is InChI=1S/C24H25NO6/c1-14(2)12-20(27)21-22(16-6-5-7-19(13-16)31-15(3)26)25(24(29)23(21)28)17-8-10-18(30-4)11-9-17/h5-11,13-14,22,28H,12H2,1-4H3. The number of aliphatic hydroxyl groups is 1. The third-order valence-electron chi connectivity index (χ3n) is 4.89. The van der Waals surface area contributed by atoms with Gasteiger partial charge in [-0.2, -0.15) is 0 Å². The van der Waals surface area contributed by atoms with E-state index < -0.39 is 23.7 Å². The molecule has 162 valence electrons. The molecule has 3 rings (SSSR count). The Bertz CT molecular complexity index is 1040. The number of esters is 1. The quantitative estimate of drug-likeness (QED) is 0.532. The minimum absolute atomic E-state index is 0.0366. The predicted octanol–water partition coefficient (Wildman–Crippen LogP) is 4.14. The summed E-state index contributed by atoms with van der Waals surface area (Å²) in [5.74, 6) is -1.08. The van der Waals surface area contributed by atoms with Gasteiger partial charge in [-0.3, -0.25) is 19.3 Å². The van der Waals surface area contributed by atoms with Crippen molar-refractivity contribution in [3.63, 3.8) is 0 Å². The second-order valence-electron chi connectivity index (χ2n) is 7.73. The van der Waals surface area contributed by atoms with Crippen LogP contribution in [-0.4, -0.2) is 29.9 Å². The van der Waals surface area contributed by atoms with E-state index in [0.29, 0.717) is 17.0 Å². The number of hydrogen-bond acceptors (Lipinski definition) is 6. The summed E-state index contributed by atoms with van der Waals surface area (Å²) in [6.07, 6.45) is 0.184. The topological polar surface area (TPSA) is 93.1 Å². The smallest absolute Gasteiger partial charge is 0.308 e. The summed E-state index contributed by atoms with van der Waals surface area (Å²) in [4.78, 5) is 38.8. The van der Waals surface area contributed by atoms with Crippen LogP contribution in [0.15, 0.2) is 59.9 Å². The Labute approximate surface area is 180 Å². The lowest BCUT2D eigenvalue weighted by Gasteiger charge is -2.27. The Morgan fingerprint density at radius 2 is 1.77 bits per heavy atom. The zero-order chi connectivity index (χ0) is 22.7. The largest absolute Gasteiger partial charge is 0.503 e. The van der Waals surface area contributed by atoms with Crippen molar-refractivity contribution in [2.75, 3.05) is 12.0 Å². The van der Waals surface area contributed by atoms with E-state index in [4.69, 9.17) is 9.47 Å². The van der Waals surface area contributed by atoms with Crippen LogP contribution in [0.25, 0.3) is 0 Å². The molecule has 2 aromatic rings. The van der Waals surface area contributed by atoms with Crippen LogP contribution in [0.2, 0.25) is 0 Å². The fraction of sp³-hybridized carbons (Fsp3) is 0.292. The first-order chi connectivity index (χ1) is 14.7. The third kappa shape index (κ3) is 4.60. The van der Waals surface area contributed by atoms with Gasteiger partial charge in [0.15, 0.2) is 11.5 Å². The molecule has 2 aromatic carbocycles. The molecule has 7 nitrogen and oxygen atoms in total. The summed E-state index contributed by atoms with van der Waals surface area (Å²) in [7, 11) is 1.54. The third-order valence-corrected chi connectivity index (χ3v) is 4.89. The lowest BCUT2D eigenvalue weighted by molar-refractivity contribution is -0.132. The van der Waals surface area contributed by atoms with Gasteiger partial charge in [0.05, 0.1) is 18.7 Å². The van der Waals surface area contributed by atoms with Crippen LogP contribution in [0, 0.1) is 5.92 Å². The maximum absolute atomic E-state index is 13.1. The molecule has 1 aliphatic heterocycles. The van der Waals surface area contributed by atoms with Crippen molar-refractivity contribution < 1.29 is 29.0 Å². The molecule has 0 aliphatic carbocycles. The van der Waals surface area contributed by atoms with E-state index in [1.54, 1.807) is 48.5 Å². The first-order valence-corrected chi connectivity index (χ1v) is 9.95. The van der Waals surface area contributed by atoms with Crippen LogP contribution in [-0.2, 0) is 14.4 Å². The number of benzene rings is 2. The molecule has 0 saturated carbocycles. The molecular formula is C24H25NO6. The predicted molar refractivity (Wildman–Crippen MR) is 115 cm³/mol. The second kappa shape index (κ2) is 9.04. The number of anilines is 1. The molecule has 0 aromatic heterocycles. The zero-order valence-electron chi connectivity index (χ0n) is 17.9. The van der Waals surface area contributed by atoms with Gasteiger partial charge in [0.25, 0.3) is 5.91 Å². The summed E-state index contributed by atoms with van der Waals surface area (Å²) in [5, 5.41) is 10.7. The normalized spacial score (nSPS) is 16.1. The van der Waals surface area contributed by atoms with Gasteiger partial charge in [0, 0.05) is 19.0 Å². The monoisotopic (exact) mass is 423 g/mol. The van der Waals surface area contributed by atoms with Crippen LogP contribution in [0.3, 0.4) is 0 Å². The Hall–Kier alpha value is -3.61. The second-order valence-corrected chi connectivity index (χ2v) is 7.73. The molecule has 0 radical (unpaired) electrons. The Morgan fingerprint density at radius 1 is 1.10 bits per heavy atom. The van der Waals surface area contributed by atoms with Gasteiger partial charge in [-0.15, -0.1) is 0 Å². The fourth-order valence-electron chi connectivity index (χ4n) is 3.61. The summed E-state index contributed by atoms with van der Waals surface area (Å²) >= 11 is 0. The highest BCUT2D eigenvalue weighted by Gasteiger charge is 2.44. The minimum atomic E-state index is -0.859. The van der Waals surface area contributed by atoms with Crippen LogP contribution in [0.1, 0.15) is 38.8 Å². The van der Waals surface area contributed by atoms with Crippen molar-refractivity contribution in [2.45, 2.75) is 33.2 Å². The number of ketones is 1. The van der Waals surface area contributed by atoms with Crippen LogP contribution in [0.5, 0.6) is 11.5 Å². The molecule has 1 amide bonds. The lowest BCUT2D eigenvalue weighted by atomic mass is 9.92. The van der Waals surface area contributed by atoms with Crippen molar-refractivity contribution in [1.82, 2.24) is 0 Å². The van der Waals surface area contributed by atoms with Crippen molar-refractivity contribution in [3.8, 4) is 11.5 Å². The number of hydrogen-bond donors (Lipinski definition) is 1. The van der Waals surface area contributed by atoms with E-state index in [1.807, 2.05) is 13.8 Å². The maximum atomic E-state index is 13.1. The average Bonchev–Trinajstić information content (AvgIpc) is 2.98. The van der Waals surface area contributed by atoms with Crippen molar-refractivity contribution in [1.29, 1.82) is 0 Å². The number of rotatable bonds is 7. The van der Waals surface area contributed by atoms with Gasteiger partial charge in [0.2, 0.25) is 0 Å². The number of carbonyl (C=O) groups is 3. The van der Waals surface area contributed by atoms with Gasteiger partial charge in [-0.1, -0.05) is 26.0 Å². The Morgan fingerprint density at radius 3 is 2.35 bits per heavy atom. The lowest BCUT2D eigenvalue weighted by Crippen LogP contribution is -2.31. The van der Waals surface area contributed by atoms with Crippen LogP contribution in [0.4, 0.5) is 5.69 Å². The number of Topliss-reactive ketones (excluding diaryl/α,β-unsaturated/α-hetero) is 1. The molecule has 1 heterocycles. The van der Waals surface area contributed by atoms with Crippen LogP contribution < -0.4 is 14.4 Å².